The van der Waals surface area contributed by atoms with E-state index in [1.165, 1.54) is 0 Å². The average molecular weight is 145 g/mol. The van der Waals surface area contributed by atoms with Crippen LogP contribution in [-0.2, 0) is 9.47 Å². The highest BCUT2D eigenvalue weighted by Gasteiger charge is 1.98. The highest BCUT2D eigenvalue weighted by atomic mass is 16.7. The minimum atomic E-state index is -0.278. The first-order valence-corrected chi connectivity index (χ1v) is 3.87. The zero-order valence-electron chi connectivity index (χ0n) is 6.93. The van der Waals surface area contributed by atoms with Gasteiger partial charge in [0.15, 0.2) is 6.29 Å². The van der Waals surface area contributed by atoms with E-state index < -0.39 is 0 Å². The fourth-order valence-corrected chi connectivity index (χ4v) is 0.547. The molecule has 0 aromatic carbocycles. The Morgan fingerprint density at radius 1 is 1.10 bits per heavy atom. The lowest BCUT2D eigenvalue weighted by atomic mass is 10.5. The largest absolute Gasteiger partial charge is 0.353 e. The van der Waals surface area contributed by atoms with Gasteiger partial charge in [-0.25, -0.2) is 0 Å². The van der Waals surface area contributed by atoms with Crippen LogP contribution < -0.4 is 0 Å². The molecule has 0 atom stereocenters. The number of hydrogen-bond acceptors (Lipinski definition) is 2. The van der Waals surface area contributed by atoms with E-state index in [2.05, 4.69) is 20.8 Å². The van der Waals surface area contributed by atoms with Gasteiger partial charge in [-0.1, -0.05) is 13.8 Å². The standard InChI is InChI=1S/C8H17O2/c1-4-6-9-8(3)10-7-5-2/h8H,3-7H2,1-2H3. The van der Waals surface area contributed by atoms with E-state index >= 15 is 0 Å². The molecule has 0 saturated heterocycles. The zero-order chi connectivity index (χ0) is 7.82. The third kappa shape index (κ3) is 6.05. The molecular formula is C8H17O2. The molecule has 61 valence electrons. The Morgan fingerprint density at radius 3 is 1.80 bits per heavy atom. The second kappa shape index (κ2) is 7.03. The summed E-state index contributed by atoms with van der Waals surface area (Å²) in [7, 11) is 0. The fourth-order valence-electron chi connectivity index (χ4n) is 0.547. The van der Waals surface area contributed by atoms with Gasteiger partial charge in [0.25, 0.3) is 0 Å². The Bertz CT molecular complexity index is 56.3. The van der Waals surface area contributed by atoms with E-state index in [0.717, 1.165) is 26.1 Å². The highest BCUT2D eigenvalue weighted by molar-refractivity contribution is 4.44. The molecule has 0 amide bonds. The normalized spacial score (nSPS) is 10.8. The second-order valence-electron chi connectivity index (χ2n) is 2.17. The first-order valence-electron chi connectivity index (χ1n) is 3.87. The summed E-state index contributed by atoms with van der Waals surface area (Å²) in [5.41, 5.74) is 0. The van der Waals surface area contributed by atoms with Crippen LogP contribution in [0, 0.1) is 6.92 Å². The molecule has 2 heteroatoms. The predicted octanol–water partition coefficient (Wildman–Crippen LogP) is 2.00. The summed E-state index contributed by atoms with van der Waals surface area (Å²) in [6.45, 7) is 9.26. The Morgan fingerprint density at radius 2 is 1.50 bits per heavy atom. The summed E-state index contributed by atoms with van der Waals surface area (Å²) in [5.74, 6) is 0. The van der Waals surface area contributed by atoms with Crippen molar-refractivity contribution in [1.82, 2.24) is 0 Å². The highest BCUT2D eigenvalue weighted by Crippen LogP contribution is 1.94. The van der Waals surface area contributed by atoms with E-state index in [0.29, 0.717) is 0 Å². The Kier molecular flexibility index (Phi) is 6.98. The van der Waals surface area contributed by atoms with E-state index in [9.17, 15) is 0 Å². The molecule has 0 rings (SSSR count). The molecule has 0 aliphatic heterocycles. The number of ether oxygens (including phenoxy) is 2. The van der Waals surface area contributed by atoms with Gasteiger partial charge in [-0.3, -0.25) is 0 Å². The molecule has 1 radical (unpaired) electrons. The Labute approximate surface area is 63.5 Å². The van der Waals surface area contributed by atoms with E-state index in [4.69, 9.17) is 9.47 Å². The van der Waals surface area contributed by atoms with E-state index in [1.807, 2.05) is 0 Å². The van der Waals surface area contributed by atoms with Crippen LogP contribution in [0.3, 0.4) is 0 Å². The monoisotopic (exact) mass is 145 g/mol. The van der Waals surface area contributed by atoms with Crippen LogP contribution in [0.1, 0.15) is 26.7 Å². The van der Waals surface area contributed by atoms with Crippen molar-refractivity contribution in [2.24, 2.45) is 0 Å². The molecule has 2 nitrogen and oxygen atoms in total. The third-order valence-electron chi connectivity index (χ3n) is 1.02. The van der Waals surface area contributed by atoms with Crippen molar-refractivity contribution < 1.29 is 9.47 Å². The molecular weight excluding hydrogens is 128 g/mol. The molecule has 10 heavy (non-hydrogen) atoms. The maximum Gasteiger partial charge on any atom is 0.157 e. The number of rotatable bonds is 6. The molecule has 0 unspecified atom stereocenters. The van der Waals surface area contributed by atoms with Crippen molar-refractivity contribution >= 4 is 0 Å². The summed E-state index contributed by atoms with van der Waals surface area (Å²) in [6.07, 6.45) is 1.75. The quantitative estimate of drug-likeness (QED) is 0.532. The molecule has 0 saturated carbocycles. The van der Waals surface area contributed by atoms with Gasteiger partial charge in [0.05, 0.1) is 0 Å². The molecule has 0 N–H and O–H groups in total. The molecule has 0 aromatic heterocycles. The smallest absolute Gasteiger partial charge is 0.157 e. The van der Waals surface area contributed by atoms with Crippen LogP contribution in [-0.4, -0.2) is 19.5 Å². The lowest BCUT2D eigenvalue weighted by molar-refractivity contribution is -0.113. The topological polar surface area (TPSA) is 18.5 Å². The van der Waals surface area contributed by atoms with E-state index in [-0.39, 0.29) is 6.29 Å². The summed E-state index contributed by atoms with van der Waals surface area (Å²) in [6, 6.07) is 0. The average Bonchev–Trinajstić information content (AvgIpc) is 1.97. The minimum absolute atomic E-state index is 0.278. The van der Waals surface area contributed by atoms with Crippen LogP contribution in [0.15, 0.2) is 0 Å². The van der Waals surface area contributed by atoms with Crippen molar-refractivity contribution in [3.8, 4) is 0 Å². The van der Waals surface area contributed by atoms with Crippen molar-refractivity contribution in [3.63, 3.8) is 0 Å². The van der Waals surface area contributed by atoms with E-state index in [1.54, 1.807) is 0 Å². The SMILES string of the molecule is [CH2]C(OCCC)OCCC. The van der Waals surface area contributed by atoms with Crippen LogP contribution in [0.2, 0.25) is 0 Å². The van der Waals surface area contributed by atoms with Gasteiger partial charge in [0.2, 0.25) is 0 Å². The predicted molar refractivity (Wildman–Crippen MR) is 41.6 cm³/mol. The van der Waals surface area contributed by atoms with Gasteiger partial charge < -0.3 is 9.47 Å². The molecule has 0 spiro atoms. The van der Waals surface area contributed by atoms with Gasteiger partial charge >= 0.3 is 0 Å². The lowest BCUT2D eigenvalue weighted by Gasteiger charge is -2.11. The van der Waals surface area contributed by atoms with Gasteiger partial charge in [0.1, 0.15) is 0 Å². The maximum absolute atomic E-state index is 5.16. The van der Waals surface area contributed by atoms with Crippen molar-refractivity contribution in [2.45, 2.75) is 33.0 Å². The summed E-state index contributed by atoms with van der Waals surface area (Å²) in [4.78, 5) is 0. The first kappa shape index (κ1) is 9.92. The summed E-state index contributed by atoms with van der Waals surface area (Å²) in [5, 5.41) is 0. The second-order valence-corrected chi connectivity index (χ2v) is 2.17. The fraction of sp³-hybridized carbons (Fsp3) is 0.875. The zero-order valence-corrected chi connectivity index (χ0v) is 6.93. The Hall–Kier alpha value is -0.0800. The van der Waals surface area contributed by atoms with Crippen LogP contribution in [0.4, 0.5) is 0 Å². The minimum Gasteiger partial charge on any atom is -0.353 e. The molecule has 0 aliphatic rings. The first-order chi connectivity index (χ1) is 4.81. The number of hydrogen-bond donors (Lipinski definition) is 0. The molecule has 0 bridgehead atoms. The molecule has 0 aliphatic carbocycles. The van der Waals surface area contributed by atoms with Crippen molar-refractivity contribution in [2.75, 3.05) is 13.2 Å². The summed E-state index contributed by atoms with van der Waals surface area (Å²) < 4.78 is 10.3. The molecule has 0 aromatic rings. The maximum atomic E-state index is 5.16. The molecule has 0 fully saturated rings. The summed E-state index contributed by atoms with van der Waals surface area (Å²) >= 11 is 0. The molecule has 0 heterocycles. The Balaban J connectivity index is 3.00. The third-order valence-corrected chi connectivity index (χ3v) is 1.02. The van der Waals surface area contributed by atoms with Crippen molar-refractivity contribution in [3.05, 3.63) is 6.92 Å². The van der Waals surface area contributed by atoms with Crippen molar-refractivity contribution in [1.29, 1.82) is 0 Å². The van der Waals surface area contributed by atoms with Gasteiger partial charge in [-0.2, -0.15) is 0 Å². The van der Waals surface area contributed by atoms with Gasteiger partial charge in [-0.15, -0.1) is 0 Å². The van der Waals surface area contributed by atoms with Gasteiger partial charge in [0, 0.05) is 20.1 Å². The van der Waals surface area contributed by atoms with Crippen LogP contribution in [0.5, 0.6) is 0 Å². The van der Waals surface area contributed by atoms with Crippen LogP contribution in [0.25, 0.3) is 0 Å². The van der Waals surface area contributed by atoms with Gasteiger partial charge in [-0.05, 0) is 12.8 Å². The van der Waals surface area contributed by atoms with Crippen LogP contribution >= 0.6 is 0 Å². The lowest BCUT2D eigenvalue weighted by Crippen LogP contribution is -2.14.